The zero-order valence-electron chi connectivity index (χ0n) is 12.5. The molecule has 2 rings (SSSR count). The van der Waals surface area contributed by atoms with Crippen LogP contribution in [-0.4, -0.2) is 20.8 Å². The molecule has 0 bridgehead atoms. The minimum absolute atomic E-state index is 0.197. The summed E-state index contributed by atoms with van der Waals surface area (Å²) in [5.74, 6) is 1.17. The van der Waals surface area contributed by atoms with Gasteiger partial charge < -0.3 is 14.8 Å². The molecule has 0 aliphatic rings. The van der Waals surface area contributed by atoms with Gasteiger partial charge in [0.25, 0.3) is 0 Å². The molecule has 0 heterocycles. The monoisotopic (exact) mass is 289 g/mol. The van der Waals surface area contributed by atoms with E-state index < -0.39 is 0 Å². The van der Waals surface area contributed by atoms with Crippen molar-refractivity contribution in [3.8, 4) is 11.5 Å². The molecule has 2 aromatic rings. The van der Waals surface area contributed by atoms with Gasteiger partial charge in [0.1, 0.15) is 17.3 Å². The van der Waals surface area contributed by atoms with E-state index in [2.05, 4.69) is 5.32 Å². The van der Waals surface area contributed by atoms with Crippen LogP contribution in [0.25, 0.3) is 0 Å². The molecular formula is C17H20FNO2. The Balaban J connectivity index is 2.57. The quantitative estimate of drug-likeness (QED) is 0.882. The molecule has 0 aliphatic heterocycles. The molecule has 21 heavy (non-hydrogen) atoms. The number of methoxy groups -OCH3 is 2. The summed E-state index contributed by atoms with van der Waals surface area (Å²) in [4.78, 5) is 0. The van der Waals surface area contributed by atoms with Crippen LogP contribution in [0.3, 0.4) is 0 Å². The van der Waals surface area contributed by atoms with E-state index >= 15 is 0 Å². The van der Waals surface area contributed by atoms with Gasteiger partial charge in [-0.25, -0.2) is 4.39 Å². The van der Waals surface area contributed by atoms with Crippen molar-refractivity contribution in [2.75, 3.05) is 20.8 Å². The minimum Gasteiger partial charge on any atom is -0.496 e. The molecule has 112 valence electrons. The minimum atomic E-state index is -0.260. The smallest absolute Gasteiger partial charge is 0.127 e. The third kappa shape index (κ3) is 3.34. The third-order valence-corrected chi connectivity index (χ3v) is 3.34. The second kappa shape index (κ2) is 7.09. The Hall–Kier alpha value is -2.07. The molecule has 0 saturated carbocycles. The van der Waals surface area contributed by atoms with Crippen LogP contribution in [-0.2, 0) is 0 Å². The summed E-state index contributed by atoms with van der Waals surface area (Å²) in [6.07, 6.45) is 0. The van der Waals surface area contributed by atoms with Gasteiger partial charge in [-0.05, 0) is 36.4 Å². The fourth-order valence-electron chi connectivity index (χ4n) is 2.44. The second-order valence-corrected chi connectivity index (χ2v) is 4.62. The molecule has 2 aromatic carbocycles. The second-order valence-electron chi connectivity index (χ2n) is 4.62. The van der Waals surface area contributed by atoms with Crippen molar-refractivity contribution in [1.82, 2.24) is 5.32 Å². The Kier molecular flexibility index (Phi) is 5.17. The number of halogens is 1. The molecule has 3 nitrogen and oxygen atoms in total. The highest BCUT2D eigenvalue weighted by Gasteiger charge is 2.22. The average molecular weight is 289 g/mol. The molecule has 0 aliphatic carbocycles. The van der Waals surface area contributed by atoms with Gasteiger partial charge >= 0.3 is 0 Å². The Morgan fingerprint density at radius 3 is 2.19 bits per heavy atom. The lowest BCUT2D eigenvalue weighted by Gasteiger charge is -2.23. The lowest BCUT2D eigenvalue weighted by atomic mass is 9.96. The van der Waals surface area contributed by atoms with Crippen LogP contribution < -0.4 is 14.8 Å². The van der Waals surface area contributed by atoms with Crippen LogP contribution in [0.5, 0.6) is 11.5 Å². The summed E-state index contributed by atoms with van der Waals surface area (Å²) in [6, 6.07) is 12.0. The fourth-order valence-corrected chi connectivity index (χ4v) is 2.44. The number of nitrogens with one attached hydrogen (secondary N) is 1. The summed E-state index contributed by atoms with van der Waals surface area (Å²) in [5, 5.41) is 3.37. The normalized spacial score (nSPS) is 12.0. The molecule has 0 spiro atoms. The van der Waals surface area contributed by atoms with Crippen LogP contribution in [0.1, 0.15) is 24.1 Å². The Morgan fingerprint density at radius 2 is 1.67 bits per heavy atom. The van der Waals surface area contributed by atoms with Gasteiger partial charge in [0.2, 0.25) is 0 Å². The van der Waals surface area contributed by atoms with Gasteiger partial charge in [-0.1, -0.05) is 25.1 Å². The van der Waals surface area contributed by atoms with E-state index in [4.69, 9.17) is 9.47 Å². The molecular weight excluding hydrogens is 269 g/mol. The Labute approximate surface area is 124 Å². The van der Waals surface area contributed by atoms with Crippen molar-refractivity contribution in [3.63, 3.8) is 0 Å². The van der Waals surface area contributed by atoms with Crippen molar-refractivity contribution in [1.29, 1.82) is 0 Å². The molecule has 4 heteroatoms. The van der Waals surface area contributed by atoms with Crippen molar-refractivity contribution in [3.05, 3.63) is 59.4 Å². The first-order chi connectivity index (χ1) is 10.2. The largest absolute Gasteiger partial charge is 0.496 e. The number of ether oxygens (including phenoxy) is 2. The maximum atomic E-state index is 13.6. The van der Waals surface area contributed by atoms with Gasteiger partial charge in [-0.2, -0.15) is 0 Å². The van der Waals surface area contributed by atoms with Crippen LogP contribution >= 0.6 is 0 Å². The topological polar surface area (TPSA) is 30.5 Å². The van der Waals surface area contributed by atoms with Gasteiger partial charge in [0, 0.05) is 0 Å². The first kappa shape index (κ1) is 15.3. The number of benzene rings is 2. The Bertz CT molecular complexity index is 579. The van der Waals surface area contributed by atoms with Crippen molar-refractivity contribution >= 4 is 0 Å². The van der Waals surface area contributed by atoms with E-state index in [1.165, 1.54) is 12.1 Å². The van der Waals surface area contributed by atoms with Crippen molar-refractivity contribution in [2.45, 2.75) is 13.0 Å². The SMILES string of the molecule is CCNC(c1cccc(F)c1)c1c(OC)cccc1OC. The molecule has 1 N–H and O–H groups in total. The molecule has 1 unspecified atom stereocenters. The van der Waals surface area contributed by atoms with E-state index in [-0.39, 0.29) is 11.9 Å². The first-order valence-electron chi connectivity index (χ1n) is 6.91. The summed E-state index contributed by atoms with van der Waals surface area (Å²) in [7, 11) is 3.24. The lowest BCUT2D eigenvalue weighted by Crippen LogP contribution is -2.23. The zero-order valence-corrected chi connectivity index (χ0v) is 12.5. The summed E-state index contributed by atoms with van der Waals surface area (Å²) in [6.45, 7) is 2.75. The standard InChI is InChI=1S/C17H20FNO2/c1-4-19-17(12-7-5-8-13(18)11-12)16-14(20-2)9-6-10-15(16)21-3/h5-11,17,19H,4H2,1-3H3. The Morgan fingerprint density at radius 1 is 1.05 bits per heavy atom. The van der Waals surface area contributed by atoms with Crippen LogP contribution in [0.2, 0.25) is 0 Å². The fraction of sp³-hybridized carbons (Fsp3) is 0.294. The van der Waals surface area contributed by atoms with Crippen molar-refractivity contribution < 1.29 is 13.9 Å². The van der Waals surface area contributed by atoms with Gasteiger partial charge in [-0.15, -0.1) is 0 Å². The molecule has 0 amide bonds. The predicted molar refractivity (Wildman–Crippen MR) is 81.5 cm³/mol. The number of hydrogen-bond donors (Lipinski definition) is 1. The van der Waals surface area contributed by atoms with E-state index in [0.717, 1.165) is 17.7 Å². The van der Waals surface area contributed by atoms with E-state index in [1.807, 2.05) is 31.2 Å². The van der Waals surface area contributed by atoms with Crippen LogP contribution in [0.15, 0.2) is 42.5 Å². The number of hydrogen-bond acceptors (Lipinski definition) is 3. The highest BCUT2D eigenvalue weighted by atomic mass is 19.1. The van der Waals surface area contributed by atoms with Crippen LogP contribution in [0.4, 0.5) is 4.39 Å². The van der Waals surface area contributed by atoms with E-state index in [9.17, 15) is 4.39 Å². The van der Waals surface area contributed by atoms with Gasteiger partial charge in [0.05, 0.1) is 25.8 Å². The number of rotatable bonds is 6. The van der Waals surface area contributed by atoms with E-state index in [1.54, 1.807) is 20.3 Å². The highest BCUT2D eigenvalue weighted by molar-refractivity contribution is 5.50. The maximum Gasteiger partial charge on any atom is 0.127 e. The van der Waals surface area contributed by atoms with Gasteiger partial charge in [0.15, 0.2) is 0 Å². The molecule has 0 saturated heterocycles. The molecule has 0 radical (unpaired) electrons. The van der Waals surface area contributed by atoms with Crippen LogP contribution in [0, 0.1) is 5.82 Å². The lowest BCUT2D eigenvalue weighted by molar-refractivity contribution is 0.377. The zero-order chi connectivity index (χ0) is 15.2. The molecule has 0 aromatic heterocycles. The first-order valence-corrected chi connectivity index (χ1v) is 6.91. The highest BCUT2D eigenvalue weighted by Crippen LogP contribution is 2.37. The summed E-state index contributed by atoms with van der Waals surface area (Å²) < 4.78 is 24.5. The maximum absolute atomic E-state index is 13.6. The summed E-state index contributed by atoms with van der Waals surface area (Å²) >= 11 is 0. The van der Waals surface area contributed by atoms with Gasteiger partial charge in [-0.3, -0.25) is 0 Å². The summed E-state index contributed by atoms with van der Waals surface area (Å²) in [5.41, 5.74) is 1.70. The third-order valence-electron chi connectivity index (χ3n) is 3.34. The van der Waals surface area contributed by atoms with E-state index in [0.29, 0.717) is 11.5 Å². The average Bonchev–Trinajstić information content (AvgIpc) is 2.52. The molecule has 0 fully saturated rings. The molecule has 1 atom stereocenters. The predicted octanol–water partition coefficient (Wildman–Crippen LogP) is 3.54. The van der Waals surface area contributed by atoms with Crippen molar-refractivity contribution in [2.24, 2.45) is 0 Å².